The van der Waals surface area contributed by atoms with Crippen molar-refractivity contribution in [3.63, 3.8) is 0 Å². The topological polar surface area (TPSA) is 40.6 Å². The van der Waals surface area contributed by atoms with E-state index in [0.717, 1.165) is 0 Å². The average Bonchev–Trinajstić information content (AvgIpc) is 1.99. The monoisotopic (exact) mass is 214 g/mol. The van der Waals surface area contributed by atoms with E-state index in [2.05, 4.69) is 0 Å². The molecule has 0 rings (SSSR count). The lowest BCUT2D eigenvalue weighted by Gasteiger charge is -2.20. The fraction of sp³-hybridized carbons (Fsp3) is 1.00. The van der Waals surface area contributed by atoms with E-state index in [1.165, 1.54) is 22.7 Å². The molecule has 0 aromatic heterocycles. The van der Waals surface area contributed by atoms with Crippen molar-refractivity contribution in [2.45, 2.75) is 6.42 Å². The van der Waals surface area contributed by atoms with Crippen LogP contribution in [-0.4, -0.2) is 50.6 Å². The van der Waals surface area contributed by atoms with Crippen LogP contribution in [0.25, 0.3) is 0 Å². The molecule has 0 spiro atoms. The minimum atomic E-state index is -3.24. The lowest BCUT2D eigenvalue weighted by Crippen LogP contribution is -2.37. The maximum Gasteiger partial charge on any atom is 0.281 e. The van der Waals surface area contributed by atoms with Crippen LogP contribution in [0.5, 0.6) is 0 Å². The summed E-state index contributed by atoms with van der Waals surface area (Å²) < 4.78 is 25.2. The molecule has 0 N–H and O–H groups in total. The molecular weight excluding hydrogens is 200 g/mol. The second kappa shape index (κ2) is 5.01. The molecule has 0 fully saturated rings. The van der Waals surface area contributed by atoms with E-state index in [1.54, 1.807) is 7.05 Å². The minimum absolute atomic E-state index is 0.462. The van der Waals surface area contributed by atoms with Crippen molar-refractivity contribution in [2.75, 3.05) is 33.6 Å². The summed E-state index contributed by atoms with van der Waals surface area (Å²) in [4.78, 5) is 0. The zero-order chi connectivity index (χ0) is 9.78. The molecule has 0 aromatic carbocycles. The summed E-state index contributed by atoms with van der Waals surface area (Å²) in [5.74, 6) is 0.479. The molecule has 12 heavy (non-hydrogen) atoms. The van der Waals surface area contributed by atoms with E-state index < -0.39 is 10.2 Å². The molecule has 0 unspecified atom stereocenters. The number of halogens is 1. The third-order valence-corrected chi connectivity index (χ3v) is 3.62. The van der Waals surface area contributed by atoms with Crippen molar-refractivity contribution < 1.29 is 8.42 Å². The molecule has 0 bridgehead atoms. The maximum absolute atomic E-state index is 11.3. The average molecular weight is 215 g/mol. The van der Waals surface area contributed by atoms with Crippen LogP contribution in [0, 0.1) is 0 Å². The van der Waals surface area contributed by atoms with Gasteiger partial charge in [0.25, 0.3) is 10.2 Å². The highest BCUT2D eigenvalue weighted by molar-refractivity contribution is 7.86. The van der Waals surface area contributed by atoms with Gasteiger partial charge in [-0.05, 0) is 6.42 Å². The largest absolute Gasteiger partial charge is 0.281 e. The highest BCUT2D eigenvalue weighted by Gasteiger charge is 2.18. The molecule has 0 heterocycles. The van der Waals surface area contributed by atoms with Gasteiger partial charge >= 0.3 is 0 Å². The molecule has 0 aromatic rings. The van der Waals surface area contributed by atoms with E-state index in [0.29, 0.717) is 18.8 Å². The van der Waals surface area contributed by atoms with Gasteiger partial charge in [-0.1, -0.05) is 0 Å². The van der Waals surface area contributed by atoms with E-state index in [4.69, 9.17) is 11.6 Å². The quantitative estimate of drug-likeness (QED) is 0.620. The van der Waals surface area contributed by atoms with Crippen LogP contribution in [0.3, 0.4) is 0 Å². The Hall–Kier alpha value is 0.160. The predicted octanol–water partition coefficient (Wildman–Crippen LogP) is 0.354. The van der Waals surface area contributed by atoms with Gasteiger partial charge in [0, 0.05) is 33.6 Å². The van der Waals surface area contributed by atoms with Gasteiger partial charge in [-0.15, -0.1) is 11.6 Å². The summed E-state index contributed by atoms with van der Waals surface area (Å²) in [6.07, 6.45) is 0.672. The Bertz CT molecular complexity index is 216. The number of nitrogens with zero attached hydrogens (tertiary/aromatic N) is 2. The normalized spacial score (nSPS) is 12.8. The molecule has 0 saturated carbocycles. The summed E-state index contributed by atoms with van der Waals surface area (Å²) in [6, 6.07) is 0. The standard InChI is InChI=1S/C6H15ClN2O2S/c1-8(2)12(10,11)9(3)6-4-5-7/h4-6H2,1-3H3. The number of alkyl halides is 1. The van der Waals surface area contributed by atoms with Gasteiger partial charge in [-0.3, -0.25) is 0 Å². The van der Waals surface area contributed by atoms with Crippen molar-refractivity contribution in [1.29, 1.82) is 0 Å². The molecule has 0 amide bonds. The van der Waals surface area contributed by atoms with Crippen LogP contribution in [0.1, 0.15) is 6.42 Å². The predicted molar refractivity (Wildman–Crippen MR) is 50.6 cm³/mol. The Balaban J connectivity index is 4.17. The van der Waals surface area contributed by atoms with E-state index >= 15 is 0 Å². The lowest BCUT2D eigenvalue weighted by molar-refractivity contribution is 0.417. The molecule has 0 aliphatic heterocycles. The molecule has 0 radical (unpaired) electrons. The second-order valence-corrected chi connectivity index (χ2v) is 5.28. The summed E-state index contributed by atoms with van der Waals surface area (Å²) >= 11 is 5.44. The number of rotatable bonds is 5. The summed E-state index contributed by atoms with van der Waals surface area (Å²) in [5.41, 5.74) is 0. The third-order valence-electron chi connectivity index (χ3n) is 1.46. The smallest absolute Gasteiger partial charge is 0.195 e. The Morgan fingerprint density at radius 3 is 2.08 bits per heavy atom. The summed E-state index contributed by atoms with van der Waals surface area (Å²) in [7, 11) is 1.32. The van der Waals surface area contributed by atoms with E-state index in [9.17, 15) is 8.42 Å². The van der Waals surface area contributed by atoms with Crippen molar-refractivity contribution in [1.82, 2.24) is 8.61 Å². The second-order valence-electron chi connectivity index (χ2n) is 2.65. The van der Waals surface area contributed by atoms with Crippen molar-refractivity contribution >= 4 is 21.8 Å². The van der Waals surface area contributed by atoms with E-state index in [-0.39, 0.29) is 0 Å². The highest BCUT2D eigenvalue weighted by Crippen LogP contribution is 2.01. The number of hydrogen-bond acceptors (Lipinski definition) is 2. The third kappa shape index (κ3) is 3.26. The first kappa shape index (κ1) is 12.2. The molecule has 0 aliphatic rings. The van der Waals surface area contributed by atoms with Gasteiger partial charge in [0.2, 0.25) is 0 Å². The Morgan fingerprint density at radius 1 is 1.25 bits per heavy atom. The van der Waals surface area contributed by atoms with Crippen molar-refractivity contribution in [3.05, 3.63) is 0 Å². The fourth-order valence-corrected chi connectivity index (χ4v) is 1.71. The number of hydrogen-bond donors (Lipinski definition) is 0. The first-order chi connectivity index (χ1) is 5.42. The molecule has 6 heteroatoms. The summed E-state index contributed by atoms with van der Waals surface area (Å²) in [5, 5.41) is 0. The Labute approximate surface area is 79.3 Å². The fourth-order valence-electron chi connectivity index (χ4n) is 0.677. The first-order valence-corrected chi connectivity index (χ1v) is 5.56. The zero-order valence-corrected chi connectivity index (χ0v) is 9.19. The van der Waals surface area contributed by atoms with Crippen LogP contribution in [0.4, 0.5) is 0 Å². The molecule has 0 aliphatic carbocycles. The van der Waals surface area contributed by atoms with Crippen LogP contribution in [0.15, 0.2) is 0 Å². The van der Waals surface area contributed by atoms with Gasteiger partial charge in [0.05, 0.1) is 0 Å². The van der Waals surface area contributed by atoms with Gasteiger partial charge in [0.1, 0.15) is 0 Å². The molecule has 0 saturated heterocycles. The first-order valence-electron chi connectivity index (χ1n) is 3.62. The summed E-state index contributed by atoms with van der Waals surface area (Å²) in [6.45, 7) is 0.462. The SMILES string of the molecule is CN(C)S(=O)(=O)N(C)CCCCl. The van der Waals surface area contributed by atoms with E-state index in [1.807, 2.05) is 0 Å². The minimum Gasteiger partial charge on any atom is -0.195 e. The lowest BCUT2D eigenvalue weighted by atomic mass is 10.5. The Morgan fingerprint density at radius 2 is 1.75 bits per heavy atom. The molecular formula is C6H15ClN2O2S. The van der Waals surface area contributed by atoms with Gasteiger partial charge in [0.15, 0.2) is 0 Å². The van der Waals surface area contributed by atoms with Gasteiger partial charge < -0.3 is 0 Å². The van der Waals surface area contributed by atoms with Gasteiger partial charge in [-0.25, -0.2) is 0 Å². The van der Waals surface area contributed by atoms with Crippen LogP contribution >= 0.6 is 11.6 Å². The van der Waals surface area contributed by atoms with Gasteiger partial charge in [-0.2, -0.15) is 17.0 Å². The van der Waals surface area contributed by atoms with Crippen LogP contribution in [0.2, 0.25) is 0 Å². The zero-order valence-electron chi connectivity index (χ0n) is 7.62. The van der Waals surface area contributed by atoms with Crippen LogP contribution in [-0.2, 0) is 10.2 Å². The van der Waals surface area contributed by atoms with Crippen molar-refractivity contribution in [2.24, 2.45) is 0 Å². The Kier molecular flexibility index (Phi) is 5.08. The molecule has 74 valence electrons. The molecule has 4 nitrogen and oxygen atoms in total. The highest BCUT2D eigenvalue weighted by atomic mass is 35.5. The maximum atomic E-state index is 11.3. The van der Waals surface area contributed by atoms with Crippen molar-refractivity contribution in [3.8, 4) is 0 Å². The van der Waals surface area contributed by atoms with Crippen LogP contribution < -0.4 is 0 Å². The molecule has 0 atom stereocenters.